The number of hydrogen-bond donors (Lipinski definition) is 1. The second-order valence-electron chi connectivity index (χ2n) is 6.60. The highest BCUT2D eigenvalue weighted by atomic mass is 32.2. The van der Waals surface area contributed by atoms with Gasteiger partial charge in [-0.1, -0.05) is 0 Å². The molecule has 0 aromatic heterocycles. The second kappa shape index (κ2) is 9.95. The van der Waals surface area contributed by atoms with Crippen molar-refractivity contribution >= 4 is 66.9 Å². The number of carbonyl (C=O) groups is 1. The van der Waals surface area contributed by atoms with E-state index in [0.717, 1.165) is 0 Å². The van der Waals surface area contributed by atoms with Crippen LogP contribution in [-0.2, 0) is 14.8 Å². The summed E-state index contributed by atoms with van der Waals surface area (Å²) in [6.07, 6.45) is 0.359. The van der Waals surface area contributed by atoms with E-state index in [-0.39, 0.29) is 12.4 Å². The summed E-state index contributed by atoms with van der Waals surface area (Å²) in [6, 6.07) is -0.167. The van der Waals surface area contributed by atoms with Crippen LogP contribution >= 0.6 is 0 Å². The number of alkyl carbamates (subject to hydrolysis) is 1. The Hall–Kier alpha value is -0.365. The molecule has 1 aliphatic heterocycles. The van der Waals surface area contributed by atoms with Crippen molar-refractivity contribution in [3.63, 3.8) is 0 Å². The topological polar surface area (TPSA) is 75.7 Å². The maximum atomic E-state index is 11.5. The minimum atomic E-state index is -3.17. The van der Waals surface area contributed by atoms with Gasteiger partial charge in [-0.2, -0.15) is 0 Å². The van der Waals surface area contributed by atoms with Crippen molar-refractivity contribution < 1.29 is 17.9 Å². The van der Waals surface area contributed by atoms with E-state index < -0.39 is 28.1 Å². The van der Waals surface area contributed by atoms with Gasteiger partial charge < -0.3 is 10.1 Å². The van der Waals surface area contributed by atoms with Gasteiger partial charge >= 0.3 is 6.09 Å². The molecule has 1 rings (SSSR count). The highest BCUT2D eigenvalue weighted by Gasteiger charge is 2.30. The third kappa shape index (κ3) is 10.5. The van der Waals surface area contributed by atoms with E-state index in [2.05, 4.69) is 5.32 Å². The largest absolute Gasteiger partial charge is 0.444 e. The third-order valence-electron chi connectivity index (χ3n) is 3.01. The van der Waals surface area contributed by atoms with Gasteiger partial charge in [0.25, 0.3) is 0 Å². The number of sulfonamides is 1. The second-order valence-corrected chi connectivity index (χ2v) is 8.58. The van der Waals surface area contributed by atoms with E-state index in [0.29, 0.717) is 19.5 Å². The molecule has 0 aromatic rings. The van der Waals surface area contributed by atoms with Gasteiger partial charge in [0.05, 0.1) is 6.26 Å². The lowest BCUT2D eigenvalue weighted by Crippen LogP contribution is -2.43. The first-order chi connectivity index (χ1) is 10.8. The summed E-state index contributed by atoms with van der Waals surface area (Å²) < 4.78 is 29.0. The first-order valence-electron chi connectivity index (χ1n) is 7.52. The normalized spacial score (nSPS) is 18.1. The van der Waals surface area contributed by atoms with E-state index in [1.165, 1.54) is 17.6 Å². The SMILES string of the molecule is CC(C)(C)OC(=O)NC1CCN(S(C)(=O)=O)C1.[B][B]B([B])B([B])[B]. The Kier molecular flexibility index (Phi) is 9.80. The number of amides is 1. The summed E-state index contributed by atoms with van der Waals surface area (Å²) in [5.41, 5.74) is -0.542. The lowest BCUT2D eigenvalue weighted by Gasteiger charge is -2.21. The zero-order chi connectivity index (χ0) is 19.1. The van der Waals surface area contributed by atoms with E-state index in [1.807, 2.05) is 0 Å². The summed E-state index contributed by atoms with van der Waals surface area (Å²) in [5, 5.41) is 2.67. The molecule has 121 valence electrons. The van der Waals surface area contributed by atoms with Gasteiger partial charge in [0, 0.05) is 69.9 Å². The van der Waals surface area contributed by atoms with Crippen molar-refractivity contribution in [1.29, 1.82) is 0 Å². The molecule has 1 amide bonds. The fourth-order valence-electron chi connectivity index (χ4n) is 1.75. The smallest absolute Gasteiger partial charge is 0.407 e. The maximum Gasteiger partial charge on any atom is 0.407 e. The minimum absolute atomic E-state index is 0.167. The quantitative estimate of drug-likeness (QED) is 0.594. The Bertz CT molecular complexity index is 500. The van der Waals surface area contributed by atoms with Gasteiger partial charge in [0.1, 0.15) is 5.60 Å². The van der Waals surface area contributed by atoms with Crippen molar-refractivity contribution in [2.24, 2.45) is 0 Å². The van der Waals surface area contributed by atoms with Crippen LogP contribution in [0.15, 0.2) is 0 Å². The Balaban J connectivity index is 0.000000640. The molecule has 1 saturated heterocycles. The van der Waals surface area contributed by atoms with Crippen LogP contribution in [0, 0.1) is 0 Å². The van der Waals surface area contributed by atoms with Crippen LogP contribution in [0.5, 0.6) is 0 Å². The van der Waals surface area contributed by atoms with E-state index in [1.54, 1.807) is 20.8 Å². The fourth-order valence-corrected chi connectivity index (χ4v) is 2.64. The Labute approximate surface area is 153 Å². The molecule has 1 unspecified atom stereocenters. The van der Waals surface area contributed by atoms with Gasteiger partial charge in [-0.3, -0.25) is 0 Å². The highest BCUT2D eigenvalue weighted by molar-refractivity contribution is 7.88. The van der Waals surface area contributed by atoms with Gasteiger partial charge in [-0.05, 0) is 27.2 Å². The first-order valence-corrected chi connectivity index (χ1v) is 9.37. The first kappa shape index (κ1) is 23.6. The van der Waals surface area contributed by atoms with Gasteiger partial charge in [-0.15, -0.1) is 0 Å². The summed E-state index contributed by atoms with van der Waals surface area (Å²) in [5.74, 6) is 0. The summed E-state index contributed by atoms with van der Waals surface area (Å²) in [7, 11) is 18.4. The Morgan fingerprint density at radius 2 is 1.88 bits per heavy atom. The predicted octanol–water partition coefficient (Wildman–Crippen LogP) is -2.12. The van der Waals surface area contributed by atoms with E-state index in [4.69, 9.17) is 35.7 Å². The number of rotatable bonds is 4. The lowest BCUT2D eigenvalue weighted by atomic mass is 8.76. The Morgan fingerprint density at radius 3 is 2.17 bits per heavy atom. The molecule has 1 atom stereocenters. The van der Waals surface area contributed by atoms with Gasteiger partial charge in [0.15, 0.2) is 0 Å². The molecule has 0 bridgehead atoms. The number of carbonyl (C=O) groups excluding carboxylic acids is 1. The fraction of sp³-hybridized carbons (Fsp3) is 0.900. The highest BCUT2D eigenvalue weighted by Crippen LogP contribution is 2.13. The zero-order valence-electron chi connectivity index (χ0n) is 14.7. The average molecular weight is 340 g/mol. The molecular weight excluding hydrogens is 320 g/mol. The van der Waals surface area contributed by atoms with Gasteiger partial charge in [0.2, 0.25) is 10.0 Å². The molecular formula is C10H20B7N2O4S. The van der Waals surface area contributed by atoms with Crippen LogP contribution < -0.4 is 5.32 Å². The van der Waals surface area contributed by atoms with Crippen LogP contribution in [0.4, 0.5) is 4.79 Å². The van der Waals surface area contributed by atoms with Crippen LogP contribution in [0.2, 0.25) is 0 Å². The third-order valence-corrected chi connectivity index (χ3v) is 4.28. The molecule has 24 heavy (non-hydrogen) atoms. The zero-order valence-corrected chi connectivity index (χ0v) is 15.5. The lowest BCUT2D eigenvalue weighted by molar-refractivity contribution is 0.0507. The summed E-state index contributed by atoms with van der Waals surface area (Å²) >= 11 is 0. The molecule has 9 radical (unpaired) electrons. The molecule has 1 N–H and O–H groups in total. The van der Waals surface area contributed by atoms with Gasteiger partial charge in [-0.25, -0.2) is 17.5 Å². The molecule has 0 saturated carbocycles. The molecule has 1 aliphatic rings. The van der Waals surface area contributed by atoms with Crippen LogP contribution in [0.1, 0.15) is 27.2 Å². The molecule has 1 heterocycles. The number of ether oxygens (including phenoxy) is 1. The van der Waals surface area contributed by atoms with Crippen molar-refractivity contribution in [2.45, 2.75) is 38.8 Å². The summed E-state index contributed by atoms with van der Waals surface area (Å²) in [4.78, 5) is 11.5. The minimum Gasteiger partial charge on any atom is -0.444 e. The summed E-state index contributed by atoms with van der Waals surface area (Å²) in [6.45, 7) is 6.11. The monoisotopic (exact) mass is 341 g/mol. The van der Waals surface area contributed by atoms with Crippen LogP contribution in [-0.4, -0.2) is 101 Å². The van der Waals surface area contributed by atoms with E-state index in [9.17, 15) is 13.2 Å². The predicted molar refractivity (Wildman–Crippen MR) is 104 cm³/mol. The molecule has 0 spiro atoms. The number of nitrogens with one attached hydrogen (secondary N) is 1. The number of hydrogen-bond acceptors (Lipinski definition) is 4. The Morgan fingerprint density at radius 1 is 1.33 bits per heavy atom. The van der Waals surface area contributed by atoms with Crippen molar-refractivity contribution in [3.8, 4) is 0 Å². The average Bonchev–Trinajstić information content (AvgIpc) is 2.84. The molecule has 1 fully saturated rings. The molecule has 6 nitrogen and oxygen atoms in total. The van der Waals surface area contributed by atoms with Crippen molar-refractivity contribution in [2.75, 3.05) is 19.3 Å². The van der Waals surface area contributed by atoms with Crippen LogP contribution in [0.3, 0.4) is 0 Å². The molecule has 0 aliphatic carbocycles. The van der Waals surface area contributed by atoms with Crippen molar-refractivity contribution in [1.82, 2.24) is 9.62 Å². The van der Waals surface area contributed by atoms with Crippen LogP contribution in [0.25, 0.3) is 0 Å². The molecule has 0 aromatic carbocycles. The van der Waals surface area contributed by atoms with Crippen molar-refractivity contribution in [3.05, 3.63) is 0 Å². The maximum absolute atomic E-state index is 11.5. The van der Waals surface area contributed by atoms with E-state index >= 15 is 0 Å². The molecule has 14 heteroatoms. The number of nitrogens with zero attached hydrogens (tertiary/aromatic N) is 1. The standard InChI is InChI=1S/C10H20N2O4S.B7/c1-10(2,3)16-9(13)11-8-5-6-12(7-8)17(4,14)15;1-5-7(4)6(2)3/h8H,5-7H2,1-4H3,(H,11,13);.